The number of piperidine rings is 1. The Morgan fingerprint density at radius 3 is 1.96 bits per heavy atom. The number of piperazine rings is 1. The van der Waals surface area contributed by atoms with Gasteiger partial charge in [0, 0.05) is 37.6 Å². The molecule has 2 saturated heterocycles. The zero-order chi connectivity index (χ0) is 19.0. The fourth-order valence-corrected chi connectivity index (χ4v) is 4.12. The molecule has 2 N–H and O–H groups in total. The van der Waals surface area contributed by atoms with Gasteiger partial charge in [-0.25, -0.2) is 19.9 Å². The standard InChI is InChI=1S/C19H26N6O2/c1-12(26)18-20-8-6-16(22-18)24-10-14-4-3-5-15(11-24)25(14)17-7-9-21-19(23-17)13(2)27/h6-9,12-15,26-27H,3-5,10-11H2,1-2H3/t12-,13-,14?,15?/m1/s1. The Morgan fingerprint density at radius 2 is 1.41 bits per heavy atom. The minimum atomic E-state index is -0.675. The third-order valence-corrected chi connectivity index (χ3v) is 5.38. The first-order chi connectivity index (χ1) is 13.0. The van der Waals surface area contributed by atoms with Crippen molar-refractivity contribution in [3.63, 3.8) is 0 Å². The summed E-state index contributed by atoms with van der Waals surface area (Å²) in [7, 11) is 0. The van der Waals surface area contributed by atoms with Crippen LogP contribution in [-0.2, 0) is 0 Å². The monoisotopic (exact) mass is 370 g/mol. The van der Waals surface area contributed by atoms with Crippen LogP contribution in [0.3, 0.4) is 0 Å². The zero-order valence-electron chi connectivity index (χ0n) is 15.7. The van der Waals surface area contributed by atoms with Crippen molar-refractivity contribution in [1.29, 1.82) is 0 Å². The molecule has 8 heteroatoms. The van der Waals surface area contributed by atoms with Crippen LogP contribution in [0.4, 0.5) is 11.6 Å². The lowest BCUT2D eigenvalue weighted by molar-refractivity contribution is 0.188. The third kappa shape index (κ3) is 3.59. The minimum absolute atomic E-state index is 0.333. The molecule has 144 valence electrons. The van der Waals surface area contributed by atoms with Gasteiger partial charge in [-0.2, -0.15) is 0 Å². The highest BCUT2D eigenvalue weighted by molar-refractivity contribution is 5.48. The van der Waals surface area contributed by atoms with Gasteiger partial charge in [0.1, 0.15) is 23.8 Å². The van der Waals surface area contributed by atoms with Crippen LogP contribution in [0, 0.1) is 0 Å². The number of hydrogen-bond acceptors (Lipinski definition) is 8. The Labute approximate surface area is 158 Å². The van der Waals surface area contributed by atoms with E-state index >= 15 is 0 Å². The Balaban J connectivity index is 1.59. The number of aromatic nitrogens is 4. The molecule has 2 fully saturated rings. The van der Waals surface area contributed by atoms with Crippen LogP contribution < -0.4 is 9.80 Å². The van der Waals surface area contributed by atoms with Gasteiger partial charge in [-0.15, -0.1) is 0 Å². The molecular weight excluding hydrogens is 344 g/mol. The van der Waals surface area contributed by atoms with Gasteiger partial charge in [0.05, 0.1) is 0 Å². The number of anilines is 2. The van der Waals surface area contributed by atoms with Crippen LogP contribution in [0.25, 0.3) is 0 Å². The van der Waals surface area contributed by atoms with Crippen LogP contribution >= 0.6 is 0 Å². The third-order valence-electron chi connectivity index (χ3n) is 5.38. The number of hydrogen-bond donors (Lipinski definition) is 2. The largest absolute Gasteiger partial charge is 0.385 e. The van der Waals surface area contributed by atoms with E-state index in [1.807, 2.05) is 12.1 Å². The summed E-state index contributed by atoms with van der Waals surface area (Å²) in [6.07, 6.45) is 5.48. The van der Waals surface area contributed by atoms with Gasteiger partial charge in [-0.05, 0) is 45.2 Å². The molecule has 0 aromatic carbocycles. The normalized spacial score (nSPS) is 24.6. The molecule has 2 aromatic heterocycles. The van der Waals surface area contributed by atoms with Crippen LogP contribution in [0.5, 0.6) is 0 Å². The lowest BCUT2D eigenvalue weighted by Crippen LogP contribution is -2.61. The zero-order valence-corrected chi connectivity index (χ0v) is 15.7. The maximum absolute atomic E-state index is 9.82. The van der Waals surface area contributed by atoms with E-state index in [1.54, 1.807) is 26.2 Å². The first kappa shape index (κ1) is 18.1. The highest BCUT2D eigenvalue weighted by Gasteiger charge is 2.38. The summed E-state index contributed by atoms with van der Waals surface area (Å²) in [6, 6.07) is 4.51. The van der Waals surface area contributed by atoms with Crippen LogP contribution in [0.15, 0.2) is 24.5 Å². The van der Waals surface area contributed by atoms with Gasteiger partial charge < -0.3 is 20.0 Å². The molecule has 4 heterocycles. The van der Waals surface area contributed by atoms with Crippen molar-refractivity contribution in [3.8, 4) is 0 Å². The fraction of sp³-hybridized carbons (Fsp3) is 0.579. The Morgan fingerprint density at radius 1 is 0.889 bits per heavy atom. The van der Waals surface area contributed by atoms with Crippen molar-refractivity contribution in [1.82, 2.24) is 19.9 Å². The molecule has 4 rings (SSSR count). The summed E-state index contributed by atoms with van der Waals surface area (Å²) in [5.74, 6) is 2.68. The number of aliphatic hydroxyl groups is 2. The quantitative estimate of drug-likeness (QED) is 0.838. The van der Waals surface area contributed by atoms with Crippen molar-refractivity contribution in [2.75, 3.05) is 22.9 Å². The minimum Gasteiger partial charge on any atom is -0.385 e. The molecule has 2 aliphatic heterocycles. The second-order valence-electron chi connectivity index (χ2n) is 7.45. The van der Waals surface area contributed by atoms with Gasteiger partial charge in [0.25, 0.3) is 0 Å². The predicted octanol–water partition coefficient (Wildman–Crippen LogP) is 1.62. The molecule has 4 atom stereocenters. The van der Waals surface area contributed by atoms with Gasteiger partial charge in [-0.1, -0.05) is 0 Å². The molecule has 0 aliphatic carbocycles. The topological polar surface area (TPSA) is 98.5 Å². The van der Waals surface area contributed by atoms with Crippen LogP contribution in [0.1, 0.15) is 57.0 Å². The second kappa shape index (κ2) is 7.36. The highest BCUT2D eigenvalue weighted by Crippen LogP contribution is 2.34. The summed E-state index contributed by atoms with van der Waals surface area (Å²) < 4.78 is 0. The maximum atomic E-state index is 9.82. The van der Waals surface area contributed by atoms with Crippen molar-refractivity contribution >= 4 is 11.6 Å². The van der Waals surface area contributed by atoms with E-state index in [2.05, 4.69) is 29.7 Å². The molecule has 0 spiro atoms. The van der Waals surface area contributed by atoms with Crippen LogP contribution in [-0.4, -0.2) is 55.3 Å². The number of rotatable bonds is 4. The van der Waals surface area contributed by atoms with E-state index in [9.17, 15) is 10.2 Å². The molecule has 2 bridgehead atoms. The number of aliphatic hydroxyl groups excluding tert-OH is 2. The van der Waals surface area contributed by atoms with E-state index in [-0.39, 0.29) is 0 Å². The Bertz CT molecular complexity index is 785. The first-order valence-electron chi connectivity index (χ1n) is 9.58. The van der Waals surface area contributed by atoms with Crippen molar-refractivity contribution in [2.45, 2.75) is 57.4 Å². The molecule has 27 heavy (non-hydrogen) atoms. The molecule has 2 unspecified atom stereocenters. The average molecular weight is 370 g/mol. The maximum Gasteiger partial charge on any atom is 0.158 e. The van der Waals surface area contributed by atoms with E-state index in [0.29, 0.717) is 23.7 Å². The summed E-state index contributed by atoms with van der Waals surface area (Å²) in [6.45, 7) is 5.06. The predicted molar refractivity (Wildman–Crippen MR) is 101 cm³/mol. The highest BCUT2D eigenvalue weighted by atomic mass is 16.3. The Hall–Kier alpha value is -2.32. The van der Waals surface area contributed by atoms with Gasteiger partial charge in [0.15, 0.2) is 11.6 Å². The smallest absolute Gasteiger partial charge is 0.158 e. The number of nitrogens with zero attached hydrogens (tertiary/aromatic N) is 6. The lowest BCUT2D eigenvalue weighted by atomic mass is 9.91. The summed E-state index contributed by atoms with van der Waals surface area (Å²) >= 11 is 0. The molecule has 8 nitrogen and oxygen atoms in total. The fourth-order valence-electron chi connectivity index (χ4n) is 4.12. The van der Waals surface area contributed by atoms with Gasteiger partial charge in [-0.3, -0.25) is 0 Å². The van der Waals surface area contributed by atoms with Crippen molar-refractivity contribution < 1.29 is 10.2 Å². The summed E-state index contributed by atoms with van der Waals surface area (Å²) in [4.78, 5) is 22.2. The molecule has 2 aliphatic rings. The van der Waals surface area contributed by atoms with E-state index in [4.69, 9.17) is 0 Å². The average Bonchev–Trinajstić information content (AvgIpc) is 2.67. The molecule has 0 radical (unpaired) electrons. The van der Waals surface area contributed by atoms with Gasteiger partial charge in [0.2, 0.25) is 0 Å². The SMILES string of the molecule is C[C@@H](O)c1nccc(N2CC3CCCC(C2)N3c2ccnc([C@@H](C)O)n2)n1. The summed E-state index contributed by atoms with van der Waals surface area (Å²) in [5.41, 5.74) is 0. The number of fused-ring (bicyclic) bond motifs is 2. The lowest BCUT2D eigenvalue weighted by Gasteiger charge is -2.51. The summed E-state index contributed by atoms with van der Waals surface area (Å²) in [5, 5.41) is 19.6. The van der Waals surface area contributed by atoms with E-state index in [0.717, 1.165) is 37.6 Å². The van der Waals surface area contributed by atoms with Crippen LogP contribution in [0.2, 0.25) is 0 Å². The first-order valence-corrected chi connectivity index (χ1v) is 9.58. The molecule has 0 saturated carbocycles. The molecule has 2 aromatic rings. The molecule has 0 amide bonds. The van der Waals surface area contributed by atoms with Gasteiger partial charge >= 0.3 is 0 Å². The second-order valence-corrected chi connectivity index (χ2v) is 7.45. The molecular formula is C19H26N6O2. The van der Waals surface area contributed by atoms with E-state index < -0.39 is 12.2 Å². The van der Waals surface area contributed by atoms with E-state index in [1.165, 1.54) is 6.42 Å². The van der Waals surface area contributed by atoms with Crippen molar-refractivity contribution in [2.24, 2.45) is 0 Å². The van der Waals surface area contributed by atoms with Crippen molar-refractivity contribution in [3.05, 3.63) is 36.2 Å². The Kier molecular flexibility index (Phi) is 4.92.